The molecule has 2 aromatic rings. The Balaban J connectivity index is 2.50. The summed E-state index contributed by atoms with van der Waals surface area (Å²) in [6, 6.07) is 1.01. The molecule has 2 aromatic heterocycles. The van der Waals surface area contributed by atoms with Crippen molar-refractivity contribution in [3.8, 4) is 11.4 Å². The molecule has 0 bridgehead atoms. The summed E-state index contributed by atoms with van der Waals surface area (Å²) in [6.45, 7) is 2.09. The van der Waals surface area contributed by atoms with Crippen molar-refractivity contribution >= 4 is 0 Å². The van der Waals surface area contributed by atoms with E-state index < -0.39 is 11.9 Å². The smallest absolute Gasteiger partial charge is 0.343 e. The molecule has 0 aliphatic carbocycles. The second-order valence-electron chi connectivity index (χ2n) is 3.19. The third-order valence-corrected chi connectivity index (χ3v) is 2.14. The fourth-order valence-electron chi connectivity index (χ4n) is 1.41. The van der Waals surface area contributed by atoms with Gasteiger partial charge in [-0.3, -0.25) is 4.68 Å². The van der Waals surface area contributed by atoms with Crippen molar-refractivity contribution in [3.05, 3.63) is 24.3 Å². The van der Waals surface area contributed by atoms with E-state index in [1.807, 2.05) is 0 Å². The van der Waals surface area contributed by atoms with Crippen molar-refractivity contribution in [3.63, 3.8) is 0 Å². The molecule has 2 rings (SSSR count). The normalized spacial score (nSPS) is 12.0. The van der Waals surface area contributed by atoms with Crippen LogP contribution >= 0.6 is 0 Å². The third-order valence-electron chi connectivity index (χ3n) is 2.14. The van der Waals surface area contributed by atoms with Crippen LogP contribution in [0.25, 0.3) is 11.4 Å². The van der Waals surface area contributed by atoms with Crippen LogP contribution in [0.3, 0.4) is 0 Å². The maximum atomic E-state index is 12.5. The van der Waals surface area contributed by atoms with Crippen molar-refractivity contribution in [2.45, 2.75) is 19.6 Å². The lowest BCUT2D eigenvalue weighted by molar-refractivity contribution is -0.141. The van der Waals surface area contributed by atoms with E-state index in [9.17, 15) is 13.2 Å². The van der Waals surface area contributed by atoms with Gasteiger partial charge in [-0.25, -0.2) is 4.98 Å². The molecule has 0 saturated carbocycles. The van der Waals surface area contributed by atoms with Gasteiger partial charge in [0.1, 0.15) is 0 Å². The van der Waals surface area contributed by atoms with Crippen molar-refractivity contribution in [1.82, 2.24) is 19.7 Å². The lowest BCUT2D eigenvalue weighted by atomic mass is 10.3. The topological polar surface area (TPSA) is 46.5 Å². The largest absolute Gasteiger partial charge is 0.435 e. The van der Waals surface area contributed by atoms with Gasteiger partial charge in [0.15, 0.2) is 5.69 Å². The average Bonchev–Trinajstić information content (AvgIpc) is 2.85. The van der Waals surface area contributed by atoms with Gasteiger partial charge < -0.3 is 4.98 Å². The number of halogens is 3. The second kappa shape index (κ2) is 3.66. The van der Waals surface area contributed by atoms with E-state index in [2.05, 4.69) is 15.1 Å². The van der Waals surface area contributed by atoms with E-state index in [1.54, 1.807) is 6.92 Å². The van der Waals surface area contributed by atoms with Crippen molar-refractivity contribution < 1.29 is 13.2 Å². The van der Waals surface area contributed by atoms with E-state index in [0.717, 1.165) is 6.07 Å². The zero-order valence-electron chi connectivity index (χ0n) is 8.41. The monoisotopic (exact) mass is 230 g/mol. The summed E-state index contributed by atoms with van der Waals surface area (Å²) >= 11 is 0. The number of alkyl halides is 3. The molecule has 2 heterocycles. The van der Waals surface area contributed by atoms with Crippen molar-refractivity contribution in [2.24, 2.45) is 0 Å². The fourth-order valence-corrected chi connectivity index (χ4v) is 1.41. The molecule has 0 aromatic carbocycles. The minimum absolute atomic E-state index is 0.366. The predicted molar refractivity (Wildman–Crippen MR) is 50.5 cm³/mol. The molecule has 0 amide bonds. The summed E-state index contributed by atoms with van der Waals surface area (Å²) < 4.78 is 38.7. The highest BCUT2D eigenvalue weighted by Crippen LogP contribution is 2.30. The van der Waals surface area contributed by atoms with E-state index in [-0.39, 0.29) is 0 Å². The molecule has 0 atom stereocenters. The van der Waals surface area contributed by atoms with E-state index in [1.165, 1.54) is 17.2 Å². The first-order chi connectivity index (χ1) is 7.52. The Morgan fingerprint density at radius 1 is 1.44 bits per heavy atom. The van der Waals surface area contributed by atoms with Crippen LogP contribution in [0.1, 0.15) is 12.6 Å². The molecule has 16 heavy (non-hydrogen) atoms. The van der Waals surface area contributed by atoms with Gasteiger partial charge in [0.2, 0.25) is 0 Å². The van der Waals surface area contributed by atoms with Gasteiger partial charge in [0, 0.05) is 6.54 Å². The van der Waals surface area contributed by atoms with Gasteiger partial charge in [-0.05, 0) is 13.0 Å². The number of imidazole rings is 1. The Labute approximate surface area is 89.1 Å². The highest BCUT2D eigenvalue weighted by Gasteiger charge is 2.35. The number of H-pyrrole nitrogens is 1. The Hall–Kier alpha value is -1.79. The molecule has 0 aliphatic rings. The van der Waals surface area contributed by atoms with Crippen LogP contribution in [0.2, 0.25) is 0 Å². The minimum atomic E-state index is -4.42. The van der Waals surface area contributed by atoms with Crippen LogP contribution in [0, 0.1) is 0 Å². The van der Waals surface area contributed by atoms with Gasteiger partial charge in [-0.2, -0.15) is 18.3 Å². The zero-order valence-corrected chi connectivity index (χ0v) is 8.41. The Morgan fingerprint density at radius 3 is 2.69 bits per heavy atom. The number of aryl methyl sites for hydroxylation is 1. The lowest BCUT2D eigenvalue weighted by Crippen LogP contribution is -2.07. The molecule has 4 nitrogen and oxygen atoms in total. The Morgan fingerprint density at radius 2 is 2.19 bits per heavy atom. The molecule has 0 radical (unpaired) electrons. The highest BCUT2D eigenvalue weighted by atomic mass is 19.4. The third kappa shape index (κ3) is 1.80. The first-order valence-electron chi connectivity index (χ1n) is 4.66. The molecule has 0 fully saturated rings. The Kier molecular flexibility index (Phi) is 2.45. The summed E-state index contributed by atoms with van der Waals surface area (Å²) in [4.78, 5) is 6.52. The van der Waals surface area contributed by atoms with E-state index in [0.29, 0.717) is 17.9 Å². The standard InChI is InChI=1S/C9H9F3N4/c1-2-16-7(6-4-13-5-14-6)3-8(15-16)9(10,11)12/h3-5H,2H2,1H3,(H,13,14). The molecular formula is C9H9F3N4. The number of nitrogens with zero attached hydrogens (tertiary/aromatic N) is 3. The van der Waals surface area contributed by atoms with Crippen LogP contribution in [0.4, 0.5) is 13.2 Å². The number of hydrogen-bond donors (Lipinski definition) is 1. The lowest BCUT2D eigenvalue weighted by Gasteiger charge is -2.01. The van der Waals surface area contributed by atoms with Crippen molar-refractivity contribution in [2.75, 3.05) is 0 Å². The summed E-state index contributed by atoms with van der Waals surface area (Å²) in [5, 5.41) is 3.50. The van der Waals surface area contributed by atoms with Crippen molar-refractivity contribution in [1.29, 1.82) is 0 Å². The minimum Gasteiger partial charge on any atom is -0.343 e. The second-order valence-corrected chi connectivity index (χ2v) is 3.19. The van der Waals surface area contributed by atoms with Gasteiger partial charge in [0.05, 0.1) is 23.9 Å². The van der Waals surface area contributed by atoms with Crippen LogP contribution in [0.15, 0.2) is 18.6 Å². The number of hydrogen-bond acceptors (Lipinski definition) is 2. The summed E-state index contributed by atoms with van der Waals surface area (Å²) in [7, 11) is 0. The summed E-state index contributed by atoms with van der Waals surface area (Å²) in [5.41, 5.74) is 0.0103. The highest BCUT2D eigenvalue weighted by molar-refractivity contribution is 5.54. The van der Waals surface area contributed by atoms with Crippen LogP contribution < -0.4 is 0 Å². The van der Waals surface area contributed by atoms with Crippen LogP contribution in [-0.4, -0.2) is 19.7 Å². The molecule has 0 unspecified atom stereocenters. The molecular weight excluding hydrogens is 221 g/mol. The number of rotatable bonds is 2. The molecule has 86 valence electrons. The molecule has 0 saturated heterocycles. The predicted octanol–water partition coefficient (Wildman–Crippen LogP) is 2.31. The molecule has 0 aliphatic heterocycles. The SMILES string of the molecule is CCn1nc(C(F)(F)F)cc1-c1cnc[nH]1. The quantitative estimate of drug-likeness (QED) is 0.860. The van der Waals surface area contributed by atoms with E-state index in [4.69, 9.17) is 0 Å². The molecule has 1 N–H and O–H groups in total. The number of aromatic nitrogens is 4. The Bertz CT molecular complexity index is 469. The number of nitrogens with one attached hydrogen (secondary N) is 1. The van der Waals surface area contributed by atoms with E-state index >= 15 is 0 Å². The first kappa shape index (κ1) is 10.7. The molecule has 7 heteroatoms. The first-order valence-corrected chi connectivity index (χ1v) is 4.66. The van der Waals surface area contributed by atoms with Gasteiger partial charge >= 0.3 is 6.18 Å². The summed E-state index contributed by atoms with van der Waals surface area (Å²) in [6.07, 6.45) is -1.55. The zero-order chi connectivity index (χ0) is 11.8. The number of aromatic amines is 1. The van der Waals surface area contributed by atoms with Gasteiger partial charge in [0.25, 0.3) is 0 Å². The van der Waals surface area contributed by atoms with Gasteiger partial charge in [-0.15, -0.1) is 0 Å². The molecule has 0 spiro atoms. The van der Waals surface area contributed by atoms with Crippen LogP contribution in [-0.2, 0) is 12.7 Å². The average molecular weight is 230 g/mol. The maximum absolute atomic E-state index is 12.5. The van der Waals surface area contributed by atoms with Crippen LogP contribution in [0.5, 0.6) is 0 Å². The fraction of sp³-hybridized carbons (Fsp3) is 0.333. The maximum Gasteiger partial charge on any atom is 0.435 e. The van der Waals surface area contributed by atoms with Gasteiger partial charge in [-0.1, -0.05) is 0 Å². The summed E-state index contributed by atoms with van der Waals surface area (Å²) in [5.74, 6) is 0.